The molecule has 0 radical (unpaired) electrons. The molecular formula is C16H16ClF2NO. The first-order chi connectivity index (χ1) is 10.1. The highest BCUT2D eigenvalue weighted by Crippen LogP contribution is 2.34. The highest BCUT2D eigenvalue weighted by Gasteiger charge is 2.14. The molecule has 0 unspecified atom stereocenters. The summed E-state index contributed by atoms with van der Waals surface area (Å²) in [5.74, 6) is -1.82. The van der Waals surface area contributed by atoms with Gasteiger partial charge in [-0.25, -0.2) is 4.39 Å². The number of hydrogen-bond donors (Lipinski definition) is 1. The Morgan fingerprint density at radius 3 is 2.67 bits per heavy atom. The minimum Gasteiger partial charge on any atom is -0.452 e. The Morgan fingerprint density at radius 2 is 1.90 bits per heavy atom. The molecule has 0 saturated carbocycles. The van der Waals surface area contributed by atoms with E-state index in [1.165, 1.54) is 12.1 Å². The van der Waals surface area contributed by atoms with Crippen molar-refractivity contribution in [2.45, 2.75) is 19.9 Å². The Morgan fingerprint density at radius 1 is 1.14 bits per heavy atom. The lowest BCUT2D eigenvalue weighted by molar-refractivity contribution is 0.412. The molecule has 0 spiro atoms. The lowest BCUT2D eigenvalue weighted by Gasteiger charge is -2.14. The van der Waals surface area contributed by atoms with Crippen molar-refractivity contribution in [3.63, 3.8) is 0 Å². The van der Waals surface area contributed by atoms with Gasteiger partial charge in [-0.05, 0) is 31.2 Å². The first kappa shape index (κ1) is 15.7. The molecule has 0 saturated heterocycles. The van der Waals surface area contributed by atoms with Gasteiger partial charge >= 0.3 is 0 Å². The Bertz CT molecular complexity index is 619. The molecule has 0 atom stereocenters. The molecule has 2 rings (SSSR count). The third-order valence-corrected chi connectivity index (χ3v) is 3.22. The van der Waals surface area contributed by atoms with Gasteiger partial charge in [0.25, 0.3) is 0 Å². The fourth-order valence-electron chi connectivity index (χ4n) is 1.88. The Hall–Kier alpha value is -1.65. The van der Waals surface area contributed by atoms with E-state index in [0.29, 0.717) is 17.3 Å². The second-order valence-corrected chi connectivity index (χ2v) is 4.97. The second kappa shape index (κ2) is 7.38. The van der Waals surface area contributed by atoms with Crippen LogP contribution in [0.25, 0.3) is 0 Å². The van der Waals surface area contributed by atoms with E-state index in [4.69, 9.17) is 16.3 Å². The number of benzene rings is 2. The van der Waals surface area contributed by atoms with E-state index in [1.54, 1.807) is 12.1 Å². The molecule has 1 N–H and O–H groups in total. The zero-order valence-corrected chi connectivity index (χ0v) is 12.4. The van der Waals surface area contributed by atoms with Crippen LogP contribution in [0.5, 0.6) is 11.5 Å². The van der Waals surface area contributed by atoms with Crippen molar-refractivity contribution in [1.82, 2.24) is 5.32 Å². The van der Waals surface area contributed by atoms with Crippen LogP contribution in [0, 0.1) is 11.6 Å². The molecule has 2 aromatic carbocycles. The van der Waals surface area contributed by atoms with Gasteiger partial charge in [-0.1, -0.05) is 36.7 Å². The van der Waals surface area contributed by atoms with Gasteiger partial charge in [-0.2, -0.15) is 4.39 Å². The predicted octanol–water partition coefficient (Wildman–Crippen LogP) is 4.91. The van der Waals surface area contributed by atoms with Gasteiger partial charge in [0.2, 0.25) is 5.82 Å². The summed E-state index contributed by atoms with van der Waals surface area (Å²) in [6.45, 7) is 3.45. The summed E-state index contributed by atoms with van der Waals surface area (Å²) in [6, 6.07) is 9.07. The standard InChI is InChI=1S/C16H16ClF2NO/c1-2-9-20-10-11-5-3-6-12(17)16(11)21-14-8-4-7-13(18)15(14)19/h3-8,20H,2,9-10H2,1H3. The molecule has 0 fully saturated rings. The van der Waals surface area contributed by atoms with Crippen LogP contribution in [-0.2, 0) is 6.54 Å². The van der Waals surface area contributed by atoms with Gasteiger partial charge in [0, 0.05) is 12.1 Å². The van der Waals surface area contributed by atoms with E-state index >= 15 is 0 Å². The third-order valence-electron chi connectivity index (χ3n) is 2.92. The third kappa shape index (κ3) is 3.93. The van der Waals surface area contributed by atoms with Gasteiger partial charge < -0.3 is 10.1 Å². The number of hydrogen-bond acceptors (Lipinski definition) is 2. The highest BCUT2D eigenvalue weighted by molar-refractivity contribution is 6.32. The minimum absolute atomic E-state index is 0.181. The Kier molecular flexibility index (Phi) is 5.53. The van der Waals surface area contributed by atoms with E-state index in [2.05, 4.69) is 12.2 Å². The average Bonchev–Trinajstić information content (AvgIpc) is 2.47. The first-order valence-corrected chi connectivity index (χ1v) is 7.11. The summed E-state index contributed by atoms with van der Waals surface area (Å²) < 4.78 is 32.4. The van der Waals surface area contributed by atoms with E-state index in [0.717, 1.165) is 24.6 Å². The van der Waals surface area contributed by atoms with Crippen molar-refractivity contribution in [3.8, 4) is 11.5 Å². The van der Waals surface area contributed by atoms with Crippen molar-refractivity contribution >= 4 is 11.6 Å². The molecule has 0 bridgehead atoms. The van der Waals surface area contributed by atoms with Crippen molar-refractivity contribution in [3.05, 3.63) is 58.6 Å². The fraction of sp³-hybridized carbons (Fsp3) is 0.250. The van der Waals surface area contributed by atoms with Crippen LogP contribution in [0.3, 0.4) is 0 Å². The molecule has 5 heteroatoms. The zero-order valence-electron chi connectivity index (χ0n) is 11.6. The molecule has 2 nitrogen and oxygen atoms in total. The Labute approximate surface area is 127 Å². The number of nitrogens with one attached hydrogen (secondary N) is 1. The van der Waals surface area contributed by atoms with Crippen molar-refractivity contribution in [2.24, 2.45) is 0 Å². The van der Waals surface area contributed by atoms with Gasteiger partial charge in [0.1, 0.15) is 0 Å². The number of halogens is 3. The molecule has 0 aromatic heterocycles. The van der Waals surface area contributed by atoms with E-state index in [-0.39, 0.29) is 5.75 Å². The van der Waals surface area contributed by atoms with Crippen molar-refractivity contribution < 1.29 is 13.5 Å². The highest BCUT2D eigenvalue weighted by atomic mass is 35.5. The van der Waals surface area contributed by atoms with Crippen LogP contribution >= 0.6 is 11.6 Å². The molecule has 2 aromatic rings. The monoisotopic (exact) mass is 311 g/mol. The van der Waals surface area contributed by atoms with Gasteiger partial charge in [-0.15, -0.1) is 0 Å². The van der Waals surface area contributed by atoms with Gasteiger partial charge in [0.15, 0.2) is 17.3 Å². The first-order valence-electron chi connectivity index (χ1n) is 6.73. The van der Waals surface area contributed by atoms with E-state index in [1.807, 2.05) is 6.07 Å². The molecular weight excluding hydrogens is 296 g/mol. The lowest BCUT2D eigenvalue weighted by Crippen LogP contribution is -2.14. The fourth-order valence-corrected chi connectivity index (χ4v) is 2.11. The predicted molar refractivity (Wildman–Crippen MR) is 79.9 cm³/mol. The largest absolute Gasteiger partial charge is 0.452 e. The maximum atomic E-state index is 13.7. The summed E-state index contributed by atoms with van der Waals surface area (Å²) in [5, 5.41) is 3.58. The van der Waals surface area contributed by atoms with Crippen molar-refractivity contribution in [2.75, 3.05) is 6.54 Å². The van der Waals surface area contributed by atoms with E-state index in [9.17, 15) is 8.78 Å². The van der Waals surface area contributed by atoms with Gasteiger partial charge in [-0.3, -0.25) is 0 Å². The molecule has 0 amide bonds. The maximum Gasteiger partial charge on any atom is 0.201 e. The molecule has 0 heterocycles. The summed E-state index contributed by atoms with van der Waals surface area (Å²) in [5.41, 5.74) is 0.791. The van der Waals surface area contributed by atoms with Crippen LogP contribution < -0.4 is 10.1 Å². The topological polar surface area (TPSA) is 21.3 Å². The van der Waals surface area contributed by atoms with Crippen LogP contribution in [0.15, 0.2) is 36.4 Å². The van der Waals surface area contributed by atoms with Crippen LogP contribution in [0.2, 0.25) is 5.02 Å². The number of para-hydroxylation sites is 1. The SMILES string of the molecule is CCCNCc1cccc(Cl)c1Oc1cccc(F)c1F. The lowest BCUT2D eigenvalue weighted by atomic mass is 10.2. The molecule has 0 aliphatic heterocycles. The normalized spacial score (nSPS) is 10.7. The molecule has 0 aliphatic carbocycles. The summed E-state index contributed by atoms with van der Waals surface area (Å²) in [4.78, 5) is 0. The van der Waals surface area contributed by atoms with Crippen LogP contribution in [0.1, 0.15) is 18.9 Å². The smallest absolute Gasteiger partial charge is 0.201 e. The molecule has 112 valence electrons. The number of ether oxygens (including phenoxy) is 1. The quantitative estimate of drug-likeness (QED) is 0.765. The Balaban J connectivity index is 2.28. The second-order valence-electron chi connectivity index (χ2n) is 4.56. The van der Waals surface area contributed by atoms with Crippen LogP contribution in [-0.4, -0.2) is 6.54 Å². The average molecular weight is 312 g/mol. The summed E-state index contributed by atoms with van der Waals surface area (Å²) >= 11 is 6.12. The minimum atomic E-state index is -1.02. The number of rotatable bonds is 6. The molecule has 21 heavy (non-hydrogen) atoms. The van der Waals surface area contributed by atoms with Crippen LogP contribution in [0.4, 0.5) is 8.78 Å². The summed E-state index contributed by atoms with van der Waals surface area (Å²) in [6.07, 6.45) is 0.995. The zero-order chi connectivity index (χ0) is 15.2. The van der Waals surface area contributed by atoms with E-state index < -0.39 is 11.6 Å². The maximum absolute atomic E-state index is 13.7. The summed E-state index contributed by atoms with van der Waals surface area (Å²) in [7, 11) is 0. The van der Waals surface area contributed by atoms with Gasteiger partial charge in [0.05, 0.1) is 5.02 Å². The molecule has 0 aliphatic rings. The van der Waals surface area contributed by atoms with Crippen molar-refractivity contribution in [1.29, 1.82) is 0 Å².